The molecule has 11 heteroatoms. The number of methoxy groups -OCH3 is 1. The van der Waals surface area contributed by atoms with Crippen LogP contribution in [0.5, 0.6) is 11.5 Å². The highest BCUT2D eigenvalue weighted by atomic mass is 16.8. The molecule has 0 saturated carbocycles. The third-order valence-corrected chi connectivity index (χ3v) is 7.47. The molecule has 1 aliphatic rings. The molecule has 1 fully saturated rings. The number of carbonyl (C=O) groups is 2. The van der Waals surface area contributed by atoms with Gasteiger partial charge in [0.25, 0.3) is 5.91 Å². The summed E-state index contributed by atoms with van der Waals surface area (Å²) in [5, 5.41) is 9.76. The van der Waals surface area contributed by atoms with E-state index in [1.165, 1.54) is 7.11 Å². The molecule has 5 rings (SSSR count). The zero-order chi connectivity index (χ0) is 32.3. The zero-order valence-electron chi connectivity index (χ0n) is 26.1. The summed E-state index contributed by atoms with van der Waals surface area (Å²) in [5.41, 5.74) is 6.73. The van der Waals surface area contributed by atoms with Gasteiger partial charge >= 0.3 is 5.97 Å². The van der Waals surface area contributed by atoms with Crippen molar-refractivity contribution in [2.24, 2.45) is 0 Å². The number of nitrogens with zero attached hydrogens (tertiary/aromatic N) is 2. The molecule has 1 saturated heterocycles. The number of hydrogen-bond acceptors (Lipinski definition) is 10. The van der Waals surface area contributed by atoms with Crippen LogP contribution in [-0.4, -0.2) is 66.3 Å². The maximum absolute atomic E-state index is 13.4. The van der Waals surface area contributed by atoms with E-state index in [1.807, 2.05) is 48.5 Å². The number of aliphatic hydroxyl groups excluding tert-OH is 1. The highest BCUT2D eigenvalue weighted by molar-refractivity contribution is 6.09. The standard InChI is InChI=1S/C35H39N3O8/c1-23(39)21-30(40)44-19-6-5-18-43-27-14-12-25(13-15-27)24-8-10-26(11-9-24)33-34(42-2)32(28-22-36-17-16-29(28)37-33)35(41)38-46-31-7-3-4-20-45-31/h8-17,22-23,31,39H,3-7,18-21H2,1-2H3,(H,38,41). The number of amides is 1. The number of aliphatic hydroxyl groups is 1. The molecule has 46 heavy (non-hydrogen) atoms. The lowest BCUT2D eigenvalue weighted by molar-refractivity contribution is -0.186. The number of aromatic nitrogens is 2. The highest BCUT2D eigenvalue weighted by Crippen LogP contribution is 2.37. The molecule has 0 radical (unpaired) electrons. The van der Waals surface area contributed by atoms with E-state index in [2.05, 4.69) is 10.5 Å². The van der Waals surface area contributed by atoms with E-state index in [0.29, 0.717) is 55.0 Å². The van der Waals surface area contributed by atoms with Crippen molar-refractivity contribution >= 4 is 22.8 Å². The molecule has 1 amide bonds. The van der Waals surface area contributed by atoms with Gasteiger partial charge in [0, 0.05) is 36.4 Å². The molecule has 2 unspecified atom stereocenters. The summed E-state index contributed by atoms with van der Waals surface area (Å²) in [6.45, 7) is 2.96. The molecule has 0 aliphatic carbocycles. The lowest BCUT2D eigenvalue weighted by Crippen LogP contribution is -2.33. The molecule has 2 aromatic carbocycles. The minimum atomic E-state index is -0.699. The van der Waals surface area contributed by atoms with Crippen molar-refractivity contribution in [3.05, 3.63) is 72.6 Å². The van der Waals surface area contributed by atoms with Crippen LogP contribution in [0.1, 0.15) is 55.8 Å². The number of benzene rings is 2. The topological polar surface area (TPSA) is 138 Å². The summed E-state index contributed by atoms with van der Waals surface area (Å²) in [7, 11) is 1.51. The van der Waals surface area contributed by atoms with Crippen molar-refractivity contribution in [2.45, 2.75) is 57.8 Å². The number of unbranched alkanes of at least 4 members (excludes halogenated alkanes) is 1. The summed E-state index contributed by atoms with van der Waals surface area (Å²) >= 11 is 0. The third-order valence-electron chi connectivity index (χ3n) is 7.47. The van der Waals surface area contributed by atoms with Gasteiger partial charge in [-0.2, -0.15) is 0 Å². The number of carbonyl (C=O) groups excluding carboxylic acids is 2. The molecule has 0 bridgehead atoms. The average Bonchev–Trinajstić information content (AvgIpc) is 3.08. The van der Waals surface area contributed by atoms with Crippen LogP contribution in [0.4, 0.5) is 0 Å². The molecule has 3 heterocycles. The van der Waals surface area contributed by atoms with Crippen LogP contribution >= 0.6 is 0 Å². The van der Waals surface area contributed by atoms with Crippen LogP contribution < -0.4 is 15.0 Å². The fraction of sp³-hybridized carbons (Fsp3) is 0.371. The van der Waals surface area contributed by atoms with Gasteiger partial charge in [-0.25, -0.2) is 15.3 Å². The first-order valence-electron chi connectivity index (χ1n) is 15.5. The van der Waals surface area contributed by atoms with Crippen molar-refractivity contribution in [1.82, 2.24) is 15.4 Å². The molecular weight excluding hydrogens is 590 g/mol. The summed E-state index contributed by atoms with van der Waals surface area (Å²) in [5.74, 6) is 0.199. The first-order valence-corrected chi connectivity index (χ1v) is 15.5. The molecule has 0 spiro atoms. The maximum atomic E-state index is 13.4. The van der Waals surface area contributed by atoms with Gasteiger partial charge < -0.3 is 24.1 Å². The number of esters is 1. The van der Waals surface area contributed by atoms with Gasteiger partial charge in [0.15, 0.2) is 12.0 Å². The predicted octanol–water partition coefficient (Wildman–Crippen LogP) is 5.63. The summed E-state index contributed by atoms with van der Waals surface area (Å²) in [4.78, 5) is 39.5. The first kappa shape index (κ1) is 32.8. The van der Waals surface area contributed by atoms with Gasteiger partial charge in [-0.15, -0.1) is 0 Å². The smallest absolute Gasteiger partial charge is 0.308 e. The fourth-order valence-corrected chi connectivity index (χ4v) is 5.13. The van der Waals surface area contributed by atoms with Crippen molar-refractivity contribution in [1.29, 1.82) is 0 Å². The van der Waals surface area contributed by atoms with E-state index >= 15 is 0 Å². The molecular formula is C35H39N3O8. The Bertz CT molecular complexity index is 1600. The van der Waals surface area contributed by atoms with Crippen molar-refractivity contribution in [3.63, 3.8) is 0 Å². The number of hydrogen-bond donors (Lipinski definition) is 2. The molecule has 2 N–H and O–H groups in total. The van der Waals surface area contributed by atoms with Gasteiger partial charge in [0.1, 0.15) is 11.4 Å². The van der Waals surface area contributed by atoms with Gasteiger partial charge in [-0.05, 0) is 61.9 Å². The lowest BCUT2D eigenvalue weighted by Gasteiger charge is -2.22. The van der Waals surface area contributed by atoms with Crippen LogP contribution in [0.25, 0.3) is 33.3 Å². The van der Waals surface area contributed by atoms with Crippen molar-refractivity contribution in [3.8, 4) is 33.9 Å². The number of nitrogens with one attached hydrogen (secondary N) is 1. The summed E-state index contributed by atoms with van der Waals surface area (Å²) in [6.07, 6.45) is 6.10. The minimum absolute atomic E-state index is 0.00428. The third kappa shape index (κ3) is 8.57. The van der Waals surface area contributed by atoms with Gasteiger partial charge in [0.05, 0.1) is 43.9 Å². The van der Waals surface area contributed by atoms with Crippen LogP contribution in [0.15, 0.2) is 67.0 Å². The Labute approximate surface area is 267 Å². The quantitative estimate of drug-likeness (QED) is 0.102. The molecule has 11 nitrogen and oxygen atoms in total. The second-order valence-electron chi connectivity index (χ2n) is 11.0. The van der Waals surface area contributed by atoms with Crippen LogP contribution in [0.3, 0.4) is 0 Å². The van der Waals surface area contributed by atoms with E-state index in [4.69, 9.17) is 28.8 Å². The average molecular weight is 630 g/mol. The fourth-order valence-electron chi connectivity index (χ4n) is 5.13. The van der Waals surface area contributed by atoms with E-state index in [1.54, 1.807) is 25.4 Å². The molecule has 1 aliphatic heterocycles. The van der Waals surface area contributed by atoms with Crippen molar-refractivity contribution < 1.29 is 38.5 Å². The number of hydroxylamine groups is 1. The van der Waals surface area contributed by atoms with E-state index in [9.17, 15) is 14.7 Å². The molecule has 242 valence electrons. The molecule has 4 aromatic rings. The Morgan fingerprint density at radius 3 is 2.41 bits per heavy atom. The highest BCUT2D eigenvalue weighted by Gasteiger charge is 2.25. The van der Waals surface area contributed by atoms with Crippen LogP contribution in [0.2, 0.25) is 0 Å². The summed E-state index contributed by atoms with van der Waals surface area (Å²) < 4.78 is 22.3. The zero-order valence-corrected chi connectivity index (χ0v) is 26.1. The largest absolute Gasteiger partial charge is 0.494 e. The lowest BCUT2D eigenvalue weighted by atomic mass is 10.00. The summed E-state index contributed by atoms with van der Waals surface area (Å²) in [6, 6.07) is 17.4. The number of ether oxygens (including phenoxy) is 4. The predicted molar refractivity (Wildman–Crippen MR) is 171 cm³/mol. The monoisotopic (exact) mass is 629 g/mol. The Kier molecular flexibility index (Phi) is 11.5. The van der Waals surface area contributed by atoms with Crippen LogP contribution in [0, 0.1) is 0 Å². The van der Waals surface area contributed by atoms with Crippen molar-refractivity contribution in [2.75, 3.05) is 26.9 Å². The van der Waals surface area contributed by atoms with Gasteiger partial charge in [0.2, 0.25) is 0 Å². The van der Waals surface area contributed by atoms with E-state index < -0.39 is 24.3 Å². The second-order valence-corrected chi connectivity index (χ2v) is 11.0. The van der Waals surface area contributed by atoms with Gasteiger partial charge in [-0.1, -0.05) is 36.4 Å². The Morgan fingerprint density at radius 1 is 1.00 bits per heavy atom. The Morgan fingerprint density at radius 2 is 1.72 bits per heavy atom. The first-order chi connectivity index (χ1) is 22.4. The second kappa shape index (κ2) is 16.1. The van der Waals surface area contributed by atoms with E-state index in [0.717, 1.165) is 41.7 Å². The molecule has 2 atom stereocenters. The number of rotatable bonds is 14. The van der Waals surface area contributed by atoms with E-state index in [-0.39, 0.29) is 12.0 Å². The minimum Gasteiger partial charge on any atom is -0.494 e. The number of pyridine rings is 2. The normalized spacial score (nSPS) is 15.2. The Hall–Kier alpha value is -4.58. The maximum Gasteiger partial charge on any atom is 0.308 e. The number of fused-ring (bicyclic) bond motifs is 1. The van der Waals surface area contributed by atoms with Gasteiger partial charge in [-0.3, -0.25) is 14.6 Å². The SMILES string of the molecule is COc1c(-c2ccc(-c3ccc(OCCCCOC(=O)CC(C)O)cc3)cc2)nc2ccncc2c1C(=O)NOC1CCCCO1. The molecule has 2 aromatic heterocycles. The Balaban J connectivity index is 1.24. The van der Waals surface area contributed by atoms with Crippen LogP contribution in [-0.2, 0) is 19.1 Å².